The average Bonchev–Trinajstić information content (AvgIpc) is 2.57. The molecule has 1 aliphatic carbocycles. The first kappa shape index (κ1) is 13.6. The SMILES string of the molecule is O=C(NC1=C(c2ccccc2)CCCC1)c1ccccc1. The van der Waals surface area contributed by atoms with Crippen molar-refractivity contribution in [3.8, 4) is 0 Å². The van der Waals surface area contributed by atoms with Gasteiger partial charge in [-0.2, -0.15) is 0 Å². The van der Waals surface area contributed by atoms with Crippen molar-refractivity contribution < 1.29 is 4.79 Å². The number of allylic oxidation sites excluding steroid dienone is 2. The van der Waals surface area contributed by atoms with E-state index in [2.05, 4.69) is 17.4 Å². The van der Waals surface area contributed by atoms with Crippen LogP contribution in [0.4, 0.5) is 0 Å². The zero-order valence-electron chi connectivity index (χ0n) is 12.0. The third-order valence-corrected chi connectivity index (χ3v) is 3.89. The highest BCUT2D eigenvalue weighted by Crippen LogP contribution is 2.30. The van der Waals surface area contributed by atoms with Crippen molar-refractivity contribution in [2.45, 2.75) is 25.7 Å². The number of rotatable bonds is 3. The highest BCUT2D eigenvalue weighted by atomic mass is 16.1. The van der Waals surface area contributed by atoms with Crippen LogP contribution in [0.2, 0.25) is 0 Å². The molecule has 3 rings (SSSR count). The van der Waals surface area contributed by atoms with Crippen LogP contribution in [0.1, 0.15) is 41.6 Å². The molecule has 1 amide bonds. The second-order valence-electron chi connectivity index (χ2n) is 5.35. The Labute approximate surface area is 125 Å². The zero-order chi connectivity index (χ0) is 14.5. The largest absolute Gasteiger partial charge is 0.325 e. The van der Waals surface area contributed by atoms with E-state index in [1.807, 2.05) is 48.5 Å². The number of hydrogen-bond donors (Lipinski definition) is 1. The molecule has 2 nitrogen and oxygen atoms in total. The molecule has 106 valence electrons. The molecule has 0 atom stereocenters. The van der Waals surface area contributed by atoms with Gasteiger partial charge in [0.05, 0.1) is 0 Å². The summed E-state index contributed by atoms with van der Waals surface area (Å²) in [7, 11) is 0. The summed E-state index contributed by atoms with van der Waals surface area (Å²) < 4.78 is 0. The third kappa shape index (κ3) is 3.22. The lowest BCUT2D eigenvalue weighted by molar-refractivity contribution is 0.0964. The Morgan fingerprint density at radius 2 is 1.43 bits per heavy atom. The molecule has 0 unspecified atom stereocenters. The van der Waals surface area contributed by atoms with Crippen LogP contribution in [0.3, 0.4) is 0 Å². The molecule has 1 N–H and O–H groups in total. The van der Waals surface area contributed by atoms with Gasteiger partial charge in [0, 0.05) is 11.3 Å². The molecule has 0 radical (unpaired) electrons. The van der Waals surface area contributed by atoms with E-state index in [0.717, 1.165) is 25.0 Å². The van der Waals surface area contributed by atoms with Crippen LogP contribution in [-0.2, 0) is 0 Å². The van der Waals surface area contributed by atoms with Crippen molar-refractivity contribution in [3.63, 3.8) is 0 Å². The highest BCUT2D eigenvalue weighted by Gasteiger charge is 2.16. The van der Waals surface area contributed by atoms with Gasteiger partial charge < -0.3 is 5.32 Å². The van der Waals surface area contributed by atoms with Gasteiger partial charge in [-0.1, -0.05) is 48.5 Å². The van der Waals surface area contributed by atoms with Crippen molar-refractivity contribution >= 4 is 11.5 Å². The van der Waals surface area contributed by atoms with Gasteiger partial charge in [0.2, 0.25) is 0 Å². The maximum Gasteiger partial charge on any atom is 0.255 e. The average molecular weight is 277 g/mol. The normalized spacial score (nSPS) is 14.9. The minimum atomic E-state index is -0.0130. The Hall–Kier alpha value is -2.35. The fraction of sp³-hybridized carbons (Fsp3) is 0.211. The van der Waals surface area contributed by atoms with E-state index < -0.39 is 0 Å². The van der Waals surface area contributed by atoms with E-state index in [0.29, 0.717) is 5.56 Å². The fourth-order valence-electron chi connectivity index (χ4n) is 2.80. The quantitative estimate of drug-likeness (QED) is 0.885. The Morgan fingerprint density at radius 1 is 0.810 bits per heavy atom. The van der Waals surface area contributed by atoms with Gasteiger partial charge in [-0.05, 0) is 49.0 Å². The number of carbonyl (C=O) groups is 1. The minimum absolute atomic E-state index is 0.0130. The molecule has 0 spiro atoms. The predicted octanol–water partition coefficient (Wildman–Crippen LogP) is 4.40. The van der Waals surface area contributed by atoms with Crippen molar-refractivity contribution in [2.75, 3.05) is 0 Å². The molecule has 0 saturated heterocycles. The van der Waals surface area contributed by atoms with Crippen LogP contribution < -0.4 is 5.32 Å². The van der Waals surface area contributed by atoms with Gasteiger partial charge in [-0.3, -0.25) is 4.79 Å². The van der Waals surface area contributed by atoms with Crippen molar-refractivity contribution in [2.24, 2.45) is 0 Å². The second kappa shape index (κ2) is 6.40. The van der Waals surface area contributed by atoms with E-state index in [1.54, 1.807) is 0 Å². The lowest BCUT2D eigenvalue weighted by Gasteiger charge is -2.21. The van der Waals surface area contributed by atoms with Crippen LogP contribution in [0, 0.1) is 0 Å². The molecular weight excluding hydrogens is 258 g/mol. The van der Waals surface area contributed by atoms with E-state index in [1.165, 1.54) is 17.6 Å². The second-order valence-corrected chi connectivity index (χ2v) is 5.35. The topological polar surface area (TPSA) is 29.1 Å². The maximum absolute atomic E-state index is 12.3. The summed E-state index contributed by atoms with van der Waals surface area (Å²) in [6.07, 6.45) is 4.31. The summed E-state index contributed by atoms with van der Waals surface area (Å²) >= 11 is 0. The first-order valence-electron chi connectivity index (χ1n) is 7.48. The highest BCUT2D eigenvalue weighted by molar-refractivity contribution is 5.96. The summed E-state index contributed by atoms with van der Waals surface area (Å²) in [4.78, 5) is 12.3. The number of amides is 1. The minimum Gasteiger partial charge on any atom is -0.325 e. The molecular formula is C19H19NO. The van der Waals surface area contributed by atoms with E-state index in [9.17, 15) is 4.79 Å². The van der Waals surface area contributed by atoms with Gasteiger partial charge in [-0.25, -0.2) is 0 Å². The summed E-state index contributed by atoms with van der Waals surface area (Å²) in [6, 6.07) is 19.8. The van der Waals surface area contributed by atoms with Gasteiger partial charge in [-0.15, -0.1) is 0 Å². The molecule has 2 heteroatoms. The molecule has 0 aliphatic heterocycles. The maximum atomic E-state index is 12.3. The summed E-state index contributed by atoms with van der Waals surface area (Å²) in [5, 5.41) is 3.12. The summed E-state index contributed by atoms with van der Waals surface area (Å²) in [5.74, 6) is -0.0130. The molecule has 0 heterocycles. The van der Waals surface area contributed by atoms with Crippen molar-refractivity contribution in [3.05, 3.63) is 77.5 Å². The van der Waals surface area contributed by atoms with Crippen LogP contribution >= 0.6 is 0 Å². The molecule has 2 aromatic rings. The van der Waals surface area contributed by atoms with Crippen LogP contribution in [0.15, 0.2) is 66.4 Å². The number of nitrogens with one attached hydrogen (secondary N) is 1. The number of carbonyl (C=O) groups excluding carboxylic acids is 1. The first-order chi connectivity index (χ1) is 10.3. The Kier molecular flexibility index (Phi) is 4.15. The monoisotopic (exact) mass is 277 g/mol. The smallest absolute Gasteiger partial charge is 0.255 e. The van der Waals surface area contributed by atoms with E-state index >= 15 is 0 Å². The molecule has 0 fully saturated rings. The van der Waals surface area contributed by atoms with Gasteiger partial charge >= 0.3 is 0 Å². The Balaban J connectivity index is 1.87. The molecule has 0 aromatic heterocycles. The number of benzene rings is 2. The number of hydrogen-bond acceptors (Lipinski definition) is 1. The molecule has 1 aliphatic rings. The first-order valence-corrected chi connectivity index (χ1v) is 7.48. The Bertz CT molecular complexity index is 644. The Morgan fingerprint density at radius 3 is 2.14 bits per heavy atom. The van der Waals surface area contributed by atoms with E-state index in [-0.39, 0.29) is 5.91 Å². The summed E-state index contributed by atoms with van der Waals surface area (Å²) in [5.41, 5.74) is 4.30. The van der Waals surface area contributed by atoms with Crippen LogP contribution in [-0.4, -0.2) is 5.91 Å². The third-order valence-electron chi connectivity index (χ3n) is 3.89. The lowest BCUT2D eigenvalue weighted by Crippen LogP contribution is -2.25. The van der Waals surface area contributed by atoms with E-state index in [4.69, 9.17) is 0 Å². The van der Waals surface area contributed by atoms with Crippen molar-refractivity contribution in [1.29, 1.82) is 0 Å². The van der Waals surface area contributed by atoms with Crippen LogP contribution in [0.5, 0.6) is 0 Å². The van der Waals surface area contributed by atoms with Crippen LogP contribution in [0.25, 0.3) is 5.57 Å². The van der Waals surface area contributed by atoms with Gasteiger partial charge in [0.15, 0.2) is 0 Å². The van der Waals surface area contributed by atoms with Gasteiger partial charge in [0.1, 0.15) is 0 Å². The molecule has 2 aromatic carbocycles. The predicted molar refractivity (Wildman–Crippen MR) is 85.7 cm³/mol. The van der Waals surface area contributed by atoms with Crippen molar-refractivity contribution in [1.82, 2.24) is 5.32 Å². The fourth-order valence-corrected chi connectivity index (χ4v) is 2.80. The summed E-state index contributed by atoms with van der Waals surface area (Å²) in [6.45, 7) is 0. The molecule has 0 saturated carbocycles. The van der Waals surface area contributed by atoms with Gasteiger partial charge in [0.25, 0.3) is 5.91 Å². The standard InChI is InChI=1S/C19H19NO/c21-19(16-11-5-2-6-12-16)20-18-14-8-7-13-17(18)15-9-3-1-4-10-15/h1-6,9-12H,7-8,13-14H2,(H,20,21). The molecule has 0 bridgehead atoms. The molecule has 21 heavy (non-hydrogen) atoms. The lowest BCUT2D eigenvalue weighted by atomic mass is 9.91. The zero-order valence-corrected chi connectivity index (χ0v) is 12.0.